The molecule has 7 heteroatoms. The molecule has 0 saturated carbocycles. The van der Waals surface area contributed by atoms with Crippen molar-refractivity contribution in [3.63, 3.8) is 0 Å². The molecule has 0 spiro atoms. The Bertz CT molecular complexity index is 356. The zero-order chi connectivity index (χ0) is 14.3. The van der Waals surface area contributed by atoms with Crippen LogP contribution in [0.1, 0.15) is 20.8 Å². The first kappa shape index (κ1) is 14.7. The van der Waals surface area contributed by atoms with Crippen molar-refractivity contribution >= 4 is 5.97 Å². The lowest BCUT2D eigenvalue weighted by Crippen LogP contribution is -2.44. The second-order valence-corrected chi connectivity index (χ2v) is 5.05. The summed E-state index contributed by atoms with van der Waals surface area (Å²) in [6.07, 6.45) is -1.53. The minimum absolute atomic E-state index is 0.283. The molecule has 2 fully saturated rings. The second kappa shape index (κ2) is 4.99. The number of carbonyl (C=O) groups excluding carboxylic acids is 1. The van der Waals surface area contributed by atoms with Crippen molar-refractivity contribution in [2.45, 2.75) is 50.8 Å². The predicted octanol–water partition coefficient (Wildman–Crippen LogP) is 0.415. The zero-order valence-electron chi connectivity index (χ0n) is 11.8. The highest BCUT2D eigenvalue weighted by Gasteiger charge is 2.68. The van der Waals surface area contributed by atoms with E-state index in [1.54, 1.807) is 21.0 Å². The van der Waals surface area contributed by atoms with Crippen molar-refractivity contribution in [1.82, 2.24) is 0 Å². The van der Waals surface area contributed by atoms with Crippen molar-refractivity contribution in [2.24, 2.45) is 0 Å². The van der Waals surface area contributed by atoms with Crippen LogP contribution in [0.15, 0.2) is 0 Å². The fourth-order valence-corrected chi connectivity index (χ4v) is 2.51. The summed E-state index contributed by atoms with van der Waals surface area (Å²) in [5.41, 5.74) is 0. The number of carbonyl (C=O) groups is 1. The summed E-state index contributed by atoms with van der Waals surface area (Å²) in [5.74, 6) is -3.01. The highest BCUT2D eigenvalue weighted by Crippen LogP contribution is 2.47. The lowest BCUT2D eigenvalue weighted by molar-refractivity contribution is -0.362. The van der Waals surface area contributed by atoms with Crippen LogP contribution in [-0.4, -0.2) is 56.9 Å². The first-order valence-electron chi connectivity index (χ1n) is 6.10. The molecule has 2 rings (SSSR count). The lowest BCUT2D eigenvalue weighted by atomic mass is 10.1. The van der Waals surface area contributed by atoms with Crippen LogP contribution in [0.4, 0.5) is 0 Å². The van der Waals surface area contributed by atoms with Gasteiger partial charge in [-0.3, -0.25) is 9.53 Å². The van der Waals surface area contributed by atoms with E-state index in [9.17, 15) is 4.79 Å². The summed E-state index contributed by atoms with van der Waals surface area (Å²) in [6.45, 7) is 5.01. The molecular formula is C12H20O7. The van der Waals surface area contributed by atoms with Gasteiger partial charge in [0.25, 0.3) is 0 Å². The van der Waals surface area contributed by atoms with Crippen LogP contribution in [0.5, 0.6) is 0 Å². The highest BCUT2D eigenvalue weighted by atomic mass is 17.0. The summed E-state index contributed by atoms with van der Waals surface area (Å²) in [4.78, 5) is 11.3. The van der Waals surface area contributed by atoms with E-state index in [2.05, 4.69) is 0 Å². The Morgan fingerprint density at radius 3 is 2.47 bits per heavy atom. The summed E-state index contributed by atoms with van der Waals surface area (Å²) < 4.78 is 32.8. The van der Waals surface area contributed by atoms with E-state index in [4.69, 9.17) is 28.4 Å². The third-order valence-corrected chi connectivity index (χ3v) is 3.02. The maximum atomic E-state index is 11.3. The fraction of sp³-hybridized carbons (Fsp3) is 0.917. The monoisotopic (exact) mass is 276 g/mol. The van der Waals surface area contributed by atoms with Crippen LogP contribution in [0.25, 0.3) is 0 Å². The van der Waals surface area contributed by atoms with E-state index in [0.29, 0.717) is 0 Å². The molecule has 0 amide bonds. The van der Waals surface area contributed by atoms with Gasteiger partial charge in [0.05, 0.1) is 6.61 Å². The molecule has 0 aromatic carbocycles. The number of hydrogen-bond donors (Lipinski definition) is 0. The number of fused-ring (bicyclic) bond motifs is 1. The van der Waals surface area contributed by atoms with Gasteiger partial charge in [-0.05, 0) is 13.8 Å². The summed E-state index contributed by atoms with van der Waals surface area (Å²) >= 11 is 0. The molecule has 7 nitrogen and oxygen atoms in total. The van der Waals surface area contributed by atoms with Gasteiger partial charge in [0.15, 0.2) is 11.9 Å². The van der Waals surface area contributed by atoms with Crippen LogP contribution in [0.2, 0.25) is 0 Å². The molecule has 19 heavy (non-hydrogen) atoms. The zero-order valence-corrected chi connectivity index (χ0v) is 11.8. The Morgan fingerprint density at radius 2 is 1.95 bits per heavy atom. The van der Waals surface area contributed by atoms with E-state index in [1.807, 2.05) is 0 Å². The standard InChI is InChI=1S/C12H20O7/c1-7(13)16-12-10(18-11(2,3)19-12)9(15-5)8(17-12)6-14-4/h8-10H,6H2,1-5H3/t8-,9+,10-,12+/m0/s1. The summed E-state index contributed by atoms with van der Waals surface area (Å²) in [7, 11) is 3.09. The Kier molecular flexibility index (Phi) is 3.85. The normalized spacial score (nSPS) is 40.2. The van der Waals surface area contributed by atoms with Gasteiger partial charge < -0.3 is 23.7 Å². The van der Waals surface area contributed by atoms with Crippen LogP contribution in [0.3, 0.4) is 0 Å². The van der Waals surface area contributed by atoms with Crippen molar-refractivity contribution in [3.8, 4) is 0 Å². The first-order valence-corrected chi connectivity index (χ1v) is 6.10. The Labute approximate surface area is 112 Å². The van der Waals surface area contributed by atoms with E-state index < -0.39 is 36.0 Å². The Morgan fingerprint density at radius 1 is 1.26 bits per heavy atom. The van der Waals surface area contributed by atoms with Gasteiger partial charge in [-0.15, -0.1) is 0 Å². The van der Waals surface area contributed by atoms with Crippen LogP contribution in [-0.2, 0) is 33.2 Å². The summed E-state index contributed by atoms with van der Waals surface area (Å²) in [5, 5.41) is 0. The van der Waals surface area contributed by atoms with Gasteiger partial charge in [-0.1, -0.05) is 0 Å². The number of rotatable bonds is 4. The average molecular weight is 276 g/mol. The van der Waals surface area contributed by atoms with E-state index >= 15 is 0 Å². The molecule has 2 saturated heterocycles. The quantitative estimate of drug-likeness (QED) is 0.689. The molecule has 2 aliphatic rings. The Balaban J connectivity index is 2.27. The van der Waals surface area contributed by atoms with Crippen molar-refractivity contribution in [3.05, 3.63) is 0 Å². The number of hydrogen-bond acceptors (Lipinski definition) is 7. The Hall–Kier alpha value is -0.730. The third kappa shape index (κ3) is 2.61. The summed E-state index contributed by atoms with van der Waals surface area (Å²) in [6, 6.07) is 0. The average Bonchev–Trinajstić information content (AvgIpc) is 2.63. The van der Waals surface area contributed by atoms with Gasteiger partial charge in [0.2, 0.25) is 0 Å². The molecule has 0 aromatic rings. The van der Waals surface area contributed by atoms with Crippen molar-refractivity contribution in [2.75, 3.05) is 20.8 Å². The second-order valence-electron chi connectivity index (χ2n) is 5.05. The minimum Gasteiger partial charge on any atom is -0.406 e. The molecule has 0 unspecified atom stereocenters. The minimum atomic E-state index is -1.57. The molecule has 0 radical (unpaired) electrons. The van der Waals surface area contributed by atoms with E-state index in [1.165, 1.54) is 14.0 Å². The predicted molar refractivity (Wildman–Crippen MR) is 62.1 cm³/mol. The molecule has 110 valence electrons. The van der Waals surface area contributed by atoms with Gasteiger partial charge >= 0.3 is 11.9 Å². The van der Waals surface area contributed by atoms with Gasteiger partial charge in [-0.2, -0.15) is 0 Å². The number of methoxy groups -OCH3 is 2. The van der Waals surface area contributed by atoms with Crippen LogP contribution >= 0.6 is 0 Å². The smallest absolute Gasteiger partial charge is 0.362 e. The van der Waals surface area contributed by atoms with Gasteiger partial charge in [0, 0.05) is 21.1 Å². The van der Waals surface area contributed by atoms with E-state index in [0.717, 1.165) is 0 Å². The molecular weight excluding hydrogens is 256 g/mol. The molecule has 0 N–H and O–H groups in total. The van der Waals surface area contributed by atoms with Crippen molar-refractivity contribution < 1.29 is 33.2 Å². The van der Waals surface area contributed by atoms with Crippen LogP contribution in [0, 0.1) is 0 Å². The number of esters is 1. The maximum Gasteiger partial charge on any atom is 0.362 e. The van der Waals surface area contributed by atoms with Crippen molar-refractivity contribution in [1.29, 1.82) is 0 Å². The fourth-order valence-electron chi connectivity index (χ4n) is 2.51. The van der Waals surface area contributed by atoms with Gasteiger partial charge in [-0.25, -0.2) is 0 Å². The van der Waals surface area contributed by atoms with Crippen LogP contribution < -0.4 is 0 Å². The lowest BCUT2D eigenvalue weighted by Gasteiger charge is -2.27. The highest BCUT2D eigenvalue weighted by molar-refractivity contribution is 5.66. The number of ether oxygens (including phenoxy) is 6. The molecule has 2 aliphatic heterocycles. The molecule has 0 aromatic heterocycles. The molecule has 2 heterocycles. The SMILES string of the molecule is COC[C@@H]1O[C@@]2(OC(C)=O)OC(C)(C)O[C@H]2[C@@H]1OC. The van der Waals surface area contributed by atoms with E-state index in [-0.39, 0.29) is 6.61 Å². The largest absolute Gasteiger partial charge is 0.406 e. The maximum absolute atomic E-state index is 11.3. The first-order chi connectivity index (χ1) is 8.83. The van der Waals surface area contributed by atoms with Gasteiger partial charge in [0.1, 0.15) is 12.2 Å². The third-order valence-electron chi connectivity index (χ3n) is 3.02. The molecule has 0 bridgehead atoms. The topological polar surface area (TPSA) is 72.5 Å². The molecule has 4 atom stereocenters. The molecule has 0 aliphatic carbocycles.